The van der Waals surface area contributed by atoms with Crippen molar-refractivity contribution in [1.29, 1.82) is 0 Å². The van der Waals surface area contributed by atoms with Gasteiger partial charge in [0.1, 0.15) is 0 Å². The summed E-state index contributed by atoms with van der Waals surface area (Å²) < 4.78 is 0. The molecule has 0 heterocycles. The van der Waals surface area contributed by atoms with Crippen LogP contribution in [0.25, 0.3) is 0 Å². The van der Waals surface area contributed by atoms with E-state index >= 15 is 0 Å². The molecule has 1 aromatic rings. The lowest BCUT2D eigenvalue weighted by atomic mass is 10.0. The van der Waals surface area contributed by atoms with Crippen molar-refractivity contribution in [3.63, 3.8) is 0 Å². The molecule has 0 spiro atoms. The lowest BCUT2D eigenvalue weighted by Gasteiger charge is -2.10. The van der Waals surface area contributed by atoms with Crippen LogP contribution < -0.4 is 5.32 Å². The number of rotatable bonds is 9. The van der Waals surface area contributed by atoms with Gasteiger partial charge in [-0.05, 0) is 25.3 Å². The fourth-order valence-electron chi connectivity index (χ4n) is 1.92. The van der Waals surface area contributed by atoms with E-state index in [2.05, 4.69) is 5.32 Å². The molecule has 110 valence electrons. The van der Waals surface area contributed by atoms with Gasteiger partial charge in [0.05, 0.1) is 4.92 Å². The number of carboxylic acids is 1. The molecule has 0 bridgehead atoms. The molecular weight excluding hydrogens is 260 g/mol. The summed E-state index contributed by atoms with van der Waals surface area (Å²) in [5.41, 5.74) is 0.787. The monoisotopic (exact) mass is 280 g/mol. The van der Waals surface area contributed by atoms with Crippen LogP contribution in [-0.4, -0.2) is 22.5 Å². The number of nitrogens with one attached hydrogen (secondary N) is 1. The number of hydrogen-bond donors (Lipinski definition) is 2. The first kappa shape index (κ1) is 16.1. The average Bonchev–Trinajstić information content (AvgIpc) is 2.41. The van der Waals surface area contributed by atoms with E-state index < -0.39 is 5.97 Å². The Hall–Kier alpha value is -1.95. The second kappa shape index (κ2) is 8.27. The molecule has 0 saturated heterocycles. The van der Waals surface area contributed by atoms with Crippen LogP contribution in [0.1, 0.15) is 31.7 Å². The quantitative estimate of drug-likeness (QED) is 0.412. The number of carboxylic acid groups (broad SMARTS) is 1. The molecule has 0 radical (unpaired) electrons. The minimum absolute atomic E-state index is 0.124. The molecule has 1 rings (SSSR count). The molecule has 0 fully saturated rings. The number of aliphatic carboxylic acids is 1. The molecule has 0 aliphatic rings. The molecule has 6 heteroatoms. The van der Waals surface area contributed by atoms with E-state index in [1.807, 2.05) is 6.92 Å². The van der Waals surface area contributed by atoms with E-state index in [9.17, 15) is 14.9 Å². The van der Waals surface area contributed by atoms with Crippen LogP contribution in [0.5, 0.6) is 0 Å². The highest BCUT2D eigenvalue weighted by atomic mass is 16.6. The summed E-state index contributed by atoms with van der Waals surface area (Å²) >= 11 is 0. The normalized spacial score (nSPS) is 12.1. The molecule has 20 heavy (non-hydrogen) atoms. The highest BCUT2D eigenvalue weighted by Gasteiger charge is 2.11. The Bertz CT molecular complexity index is 462. The summed E-state index contributed by atoms with van der Waals surface area (Å²) in [4.78, 5) is 20.9. The zero-order chi connectivity index (χ0) is 15.0. The smallest absolute Gasteiger partial charge is 0.303 e. The van der Waals surface area contributed by atoms with Gasteiger partial charge in [-0.2, -0.15) is 0 Å². The van der Waals surface area contributed by atoms with E-state index in [-0.39, 0.29) is 17.0 Å². The predicted octanol–water partition coefficient (Wildman–Crippen LogP) is 2.58. The van der Waals surface area contributed by atoms with Gasteiger partial charge < -0.3 is 10.4 Å². The van der Waals surface area contributed by atoms with Gasteiger partial charge in [-0.25, -0.2) is 0 Å². The van der Waals surface area contributed by atoms with Crippen molar-refractivity contribution in [2.45, 2.75) is 32.7 Å². The zero-order valence-corrected chi connectivity index (χ0v) is 11.5. The maximum atomic E-state index is 10.8. The third kappa shape index (κ3) is 5.79. The molecular formula is C14H20N2O4. The van der Waals surface area contributed by atoms with Crippen molar-refractivity contribution in [3.8, 4) is 0 Å². The Morgan fingerprint density at radius 1 is 1.40 bits per heavy atom. The first-order chi connectivity index (χ1) is 9.50. The Kier molecular flexibility index (Phi) is 6.66. The summed E-state index contributed by atoms with van der Waals surface area (Å²) in [5, 5.41) is 22.6. The van der Waals surface area contributed by atoms with Crippen LogP contribution in [0, 0.1) is 16.0 Å². The number of carbonyl (C=O) groups is 1. The number of hydrogen-bond acceptors (Lipinski definition) is 4. The van der Waals surface area contributed by atoms with Crippen molar-refractivity contribution < 1.29 is 14.8 Å². The molecule has 0 saturated carbocycles. The molecule has 1 unspecified atom stereocenters. The predicted molar refractivity (Wildman–Crippen MR) is 75.5 cm³/mol. The lowest BCUT2D eigenvalue weighted by molar-refractivity contribution is -0.385. The maximum absolute atomic E-state index is 10.8. The van der Waals surface area contributed by atoms with Crippen LogP contribution >= 0.6 is 0 Å². The minimum atomic E-state index is -0.773. The second-order valence-corrected chi connectivity index (χ2v) is 4.89. The van der Waals surface area contributed by atoms with Gasteiger partial charge in [0.15, 0.2) is 0 Å². The van der Waals surface area contributed by atoms with Crippen molar-refractivity contribution >= 4 is 11.7 Å². The fourth-order valence-corrected chi connectivity index (χ4v) is 1.92. The van der Waals surface area contributed by atoms with Crippen LogP contribution in [0.15, 0.2) is 24.3 Å². The van der Waals surface area contributed by atoms with E-state index in [1.165, 1.54) is 6.07 Å². The van der Waals surface area contributed by atoms with Gasteiger partial charge in [0.25, 0.3) is 5.69 Å². The van der Waals surface area contributed by atoms with Crippen LogP contribution in [-0.2, 0) is 11.3 Å². The van der Waals surface area contributed by atoms with Crippen molar-refractivity contribution in [1.82, 2.24) is 5.32 Å². The van der Waals surface area contributed by atoms with Crippen LogP contribution in [0.4, 0.5) is 5.69 Å². The van der Waals surface area contributed by atoms with Crippen molar-refractivity contribution in [2.75, 3.05) is 6.54 Å². The van der Waals surface area contributed by atoms with Crippen molar-refractivity contribution in [3.05, 3.63) is 39.9 Å². The number of nitro groups is 1. The van der Waals surface area contributed by atoms with E-state index in [4.69, 9.17) is 5.11 Å². The second-order valence-electron chi connectivity index (χ2n) is 4.89. The molecule has 0 aromatic heterocycles. The summed E-state index contributed by atoms with van der Waals surface area (Å²) in [6.07, 6.45) is 1.70. The van der Waals surface area contributed by atoms with Gasteiger partial charge in [0, 0.05) is 24.6 Å². The summed E-state index contributed by atoms with van der Waals surface area (Å²) in [5.74, 6) is -0.450. The first-order valence-corrected chi connectivity index (χ1v) is 6.65. The van der Waals surface area contributed by atoms with Crippen molar-refractivity contribution in [2.24, 2.45) is 5.92 Å². The van der Waals surface area contributed by atoms with Gasteiger partial charge in [0.2, 0.25) is 0 Å². The molecule has 1 atom stereocenters. The zero-order valence-electron chi connectivity index (χ0n) is 11.5. The fraction of sp³-hybridized carbons (Fsp3) is 0.500. The molecule has 6 nitrogen and oxygen atoms in total. The Balaban J connectivity index is 2.31. The van der Waals surface area contributed by atoms with Gasteiger partial charge in [-0.1, -0.05) is 25.1 Å². The Morgan fingerprint density at radius 2 is 2.10 bits per heavy atom. The summed E-state index contributed by atoms with van der Waals surface area (Å²) in [6.45, 7) is 3.17. The number of nitrogens with zero attached hydrogens (tertiary/aromatic N) is 1. The van der Waals surface area contributed by atoms with Gasteiger partial charge in [-0.3, -0.25) is 14.9 Å². The molecule has 0 amide bonds. The van der Waals surface area contributed by atoms with E-state index in [1.54, 1.807) is 18.2 Å². The van der Waals surface area contributed by atoms with E-state index in [0.717, 1.165) is 6.42 Å². The van der Waals surface area contributed by atoms with Gasteiger partial charge >= 0.3 is 5.97 Å². The average molecular weight is 280 g/mol. The molecule has 0 aliphatic heterocycles. The van der Waals surface area contributed by atoms with E-state index in [0.29, 0.717) is 31.0 Å². The third-order valence-electron chi connectivity index (χ3n) is 3.17. The lowest BCUT2D eigenvalue weighted by Crippen LogP contribution is -2.18. The van der Waals surface area contributed by atoms with Crippen LogP contribution in [0.3, 0.4) is 0 Å². The molecule has 1 aromatic carbocycles. The Morgan fingerprint density at radius 3 is 2.75 bits per heavy atom. The van der Waals surface area contributed by atoms with Gasteiger partial charge in [-0.15, -0.1) is 0 Å². The molecule has 0 aliphatic carbocycles. The minimum Gasteiger partial charge on any atom is -0.481 e. The maximum Gasteiger partial charge on any atom is 0.303 e. The summed E-state index contributed by atoms with van der Waals surface area (Å²) in [7, 11) is 0. The third-order valence-corrected chi connectivity index (χ3v) is 3.17. The first-order valence-electron chi connectivity index (χ1n) is 6.65. The highest BCUT2D eigenvalue weighted by molar-refractivity contribution is 5.66. The Labute approximate surface area is 118 Å². The highest BCUT2D eigenvalue weighted by Crippen LogP contribution is 2.17. The largest absolute Gasteiger partial charge is 0.481 e. The number of nitro benzene ring substituents is 1. The summed E-state index contributed by atoms with van der Waals surface area (Å²) in [6, 6.07) is 6.65. The topological polar surface area (TPSA) is 92.5 Å². The SMILES string of the molecule is CC(CCNCc1ccccc1[N+](=O)[O-])CCC(=O)O. The van der Waals surface area contributed by atoms with Crippen LogP contribution in [0.2, 0.25) is 0 Å². The number of para-hydroxylation sites is 1. The standard InChI is InChI=1S/C14H20N2O4/c1-11(6-7-14(17)18)8-9-15-10-12-4-2-3-5-13(12)16(19)20/h2-5,11,15H,6-10H2,1H3,(H,17,18). The number of benzene rings is 1. The molecule has 2 N–H and O–H groups in total.